The second-order valence-electron chi connectivity index (χ2n) is 4.83. The lowest BCUT2D eigenvalue weighted by Crippen LogP contribution is -2.36. The van der Waals surface area contributed by atoms with E-state index in [0.717, 1.165) is 5.92 Å². The summed E-state index contributed by atoms with van der Waals surface area (Å²) in [5.74, 6) is 0.734. The van der Waals surface area contributed by atoms with Crippen molar-refractivity contribution in [2.24, 2.45) is 5.92 Å². The maximum atomic E-state index is 9.46. The zero-order valence-corrected chi connectivity index (χ0v) is 9.89. The molecule has 1 aromatic rings. The highest BCUT2D eigenvalue weighted by molar-refractivity contribution is 5.19. The Morgan fingerprint density at radius 3 is 2.62 bits per heavy atom. The van der Waals surface area contributed by atoms with Gasteiger partial charge >= 0.3 is 0 Å². The van der Waals surface area contributed by atoms with Crippen molar-refractivity contribution in [1.82, 2.24) is 5.32 Å². The van der Waals surface area contributed by atoms with Gasteiger partial charge in [0.25, 0.3) is 0 Å². The quantitative estimate of drug-likeness (QED) is 0.815. The van der Waals surface area contributed by atoms with Crippen molar-refractivity contribution < 1.29 is 5.11 Å². The Morgan fingerprint density at radius 1 is 1.31 bits per heavy atom. The molecule has 16 heavy (non-hydrogen) atoms. The second kappa shape index (κ2) is 5.46. The molecule has 0 spiro atoms. The molecule has 0 saturated heterocycles. The average Bonchev–Trinajstić information content (AvgIpc) is 2.73. The molecule has 88 valence electrons. The molecule has 0 radical (unpaired) electrons. The molecule has 2 N–H and O–H groups in total. The monoisotopic (exact) mass is 219 g/mol. The van der Waals surface area contributed by atoms with E-state index in [4.69, 9.17) is 0 Å². The number of nitrogens with one attached hydrogen (secondary N) is 1. The summed E-state index contributed by atoms with van der Waals surface area (Å²) in [6.07, 6.45) is 3.86. The van der Waals surface area contributed by atoms with Gasteiger partial charge in [0.15, 0.2) is 0 Å². The molecule has 1 aliphatic rings. The first-order valence-electron chi connectivity index (χ1n) is 6.23. The number of aliphatic hydroxyl groups excluding tert-OH is 1. The van der Waals surface area contributed by atoms with Crippen LogP contribution >= 0.6 is 0 Å². The molecule has 2 nitrogen and oxygen atoms in total. The van der Waals surface area contributed by atoms with Gasteiger partial charge in [-0.3, -0.25) is 0 Å². The van der Waals surface area contributed by atoms with Crippen LogP contribution < -0.4 is 5.32 Å². The molecule has 2 rings (SSSR count). The minimum Gasteiger partial charge on any atom is -0.394 e. The van der Waals surface area contributed by atoms with E-state index in [9.17, 15) is 5.11 Å². The highest BCUT2D eigenvalue weighted by atomic mass is 16.3. The molecule has 0 aromatic heterocycles. The van der Waals surface area contributed by atoms with E-state index in [-0.39, 0.29) is 12.6 Å². The van der Waals surface area contributed by atoms with Gasteiger partial charge in [-0.1, -0.05) is 43.7 Å². The van der Waals surface area contributed by atoms with Crippen LogP contribution in [0.2, 0.25) is 0 Å². The summed E-state index contributed by atoms with van der Waals surface area (Å²) in [6.45, 7) is 2.47. The normalized spacial score (nSPS) is 26.9. The molecule has 2 heteroatoms. The average molecular weight is 219 g/mol. The summed E-state index contributed by atoms with van der Waals surface area (Å²) in [7, 11) is 0. The van der Waals surface area contributed by atoms with Gasteiger partial charge in [0.2, 0.25) is 0 Å². The van der Waals surface area contributed by atoms with Crippen LogP contribution in [0.1, 0.15) is 37.8 Å². The topological polar surface area (TPSA) is 32.3 Å². The highest BCUT2D eigenvalue weighted by Crippen LogP contribution is 2.27. The van der Waals surface area contributed by atoms with E-state index in [0.29, 0.717) is 6.04 Å². The Hall–Kier alpha value is -0.860. The predicted molar refractivity (Wildman–Crippen MR) is 66.2 cm³/mol. The molecular weight excluding hydrogens is 198 g/mol. The van der Waals surface area contributed by atoms with E-state index in [2.05, 4.69) is 24.4 Å². The fraction of sp³-hybridized carbons (Fsp3) is 0.571. The summed E-state index contributed by atoms with van der Waals surface area (Å²) in [4.78, 5) is 0. The standard InChI is InChI=1S/C14H21NO/c1-11-6-5-9-13(11)15-14(10-16)12-7-3-2-4-8-12/h2-4,7-8,11,13-16H,5-6,9-10H2,1H3/t11?,13?,14-/m0/s1. The van der Waals surface area contributed by atoms with Gasteiger partial charge in [0, 0.05) is 6.04 Å². The van der Waals surface area contributed by atoms with Gasteiger partial charge in [0.1, 0.15) is 0 Å². The van der Waals surface area contributed by atoms with Crippen LogP contribution in [0.5, 0.6) is 0 Å². The molecule has 3 atom stereocenters. The van der Waals surface area contributed by atoms with Crippen molar-refractivity contribution in [3.8, 4) is 0 Å². The molecule has 1 fully saturated rings. The zero-order chi connectivity index (χ0) is 11.4. The van der Waals surface area contributed by atoms with E-state index in [1.165, 1.54) is 24.8 Å². The van der Waals surface area contributed by atoms with Crippen LogP contribution in [0.15, 0.2) is 30.3 Å². The van der Waals surface area contributed by atoms with Crippen LogP contribution in [0.4, 0.5) is 0 Å². The molecular formula is C14H21NO. The lowest BCUT2D eigenvalue weighted by molar-refractivity contribution is 0.225. The fourth-order valence-electron chi connectivity index (χ4n) is 2.59. The number of hydrogen-bond donors (Lipinski definition) is 2. The Bertz CT molecular complexity index is 312. The Morgan fingerprint density at radius 2 is 2.06 bits per heavy atom. The molecule has 0 heterocycles. The van der Waals surface area contributed by atoms with Crippen molar-refractivity contribution in [2.45, 2.75) is 38.3 Å². The molecule has 0 bridgehead atoms. The Kier molecular flexibility index (Phi) is 3.97. The third-order valence-corrected chi connectivity index (χ3v) is 3.66. The van der Waals surface area contributed by atoms with Crippen LogP contribution in [-0.4, -0.2) is 17.8 Å². The van der Waals surface area contributed by atoms with E-state index < -0.39 is 0 Å². The van der Waals surface area contributed by atoms with Crippen molar-refractivity contribution in [2.75, 3.05) is 6.61 Å². The minimum atomic E-state index is 0.0896. The first-order chi connectivity index (χ1) is 7.81. The van der Waals surface area contributed by atoms with Crippen LogP contribution in [0.3, 0.4) is 0 Å². The number of aliphatic hydroxyl groups is 1. The van der Waals surface area contributed by atoms with Gasteiger partial charge in [-0.25, -0.2) is 0 Å². The Balaban J connectivity index is 2.00. The first-order valence-corrected chi connectivity index (χ1v) is 6.23. The summed E-state index contributed by atoms with van der Waals surface area (Å²) in [5.41, 5.74) is 1.18. The summed E-state index contributed by atoms with van der Waals surface area (Å²) in [5, 5.41) is 13.0. The Labute approximate surface area is 97.7 Å². The first kappa shape index (κ1) is 11.6. The lowest BCUT2D eigenvalue weighted by Gasteiger charge is -2.24. The summed E-state index contributed by atoms with van der Waals surface area (Å²) in [6, 6.07) is 10.9. The van der Waals surface area contributed by atoms with Gasteiger partial charge in [-0.15, -0.1) is 0 Å². The fourth-order valence-corrected chi connectivity index (χ4v) is 2.59. The van der Waals surface area contributed by atoms with Crippen molar-refractivity contribution in [1.29, 1.82) is 0 Å². The predicted octanol–water partition coefficient (Wildman–Crippen LogP) is 2.50. The molecule has 1 aliphatic carbocycles. The van der Waals surface area contributed by atoms with Gasteiger partial charge in [0.05, 0.1) is 12.6 Å². The number of benzene rings is 1. The smallest absolute Gasteiger partial charge is 0.0626 e. The zero-order valence-electron chi connectivity index (χ0n) is 9.89. The van der Waals surface area contributed by atoms with Crippen LogP contribution in [0, 0.1) is 5.92 Å². The molecule has 1 aromatic carbocycles. The number of rotatable bonds is 4. The van der Waals surface area contributed by atoms with Crippen molar-refractivity contribution in [3.63, 3.8) is 0 Å². The van der Waals surface area contributed by atoms with Crippen molar-refractivity contribution >= 4 is 0 Å². The van der Waals surface area contributed by atoms with E-state index in [1.807, 2.05) is 18.2 Å². The molecule has 0 aliphatic heterocycles. The van der Waals surface area contributed by atoms with Gasteiger partial charge in [-0.2, -0.15) is 0 Å². The van der Waals surface area contributed by atoms with E-state index >= 15 is 0 Å². The third kappa shape index (κ3) is 2.63. The highest BCUT2D eigenvalue weighted by Gasteiger charge is 2.25. The SMILES string of the molecule is CC1CCCC1N[C@@H](CO)c1ccccc1. The largest absolute Gasteiger partial charge is 0.394 e. The lowest BCUT2D eigenvalue weighted by atomic mass is 10.0. The van der Waals surface area contributed by atoms with Gasteiger partial charge < -0.3 is 10.4 Å². The molecule has 1 saturated carbocycles. The van der Waals surface area contributed by atoms with Crippen LogP contribution in [-0.2, 0) is 0 Å². The van der Waals surface area contributed by atoms with Gasteiger partial charge in [-0.05, 0) is 24.3 Å². The minimum absolute atomic E-state index is 0.0896. The van der Waals surface area contributed by atoms with Crippen molar-refractivity contribution in [3.05, 3.63) is 35.9 Å². The number of hydrogen-bond acceptors (Lipinski definition) is 2. The van der Waals surface area contributed by atoms with Crippen LogP contribution in [0.25, 0.3) is 0 Å². The molecule has 2 unspecified atom stereocenters. The summed E-state index contributed by atoms with van der Waals surface area (Å²) >= 11 is 0. The maximum Gasteiger partial charge on any atom is 0.0626 e. The van der Waals surface area contributed by atoms with E-state index in [1.54, 1.807) is 0 Å². The third-order valence-electron chi connectivity index (χ3n) is 3.66. The maximum absolute atomic E-state index is 9.46. The summed E-state index contributed by atoms with van der Waals surface area (Å²) < 4.78 is 0. The second-order valence-corrected chi connectivity index (χ2v) is 4.83. The molecule has 0 amide bonds.